The summed E-state index contributed by atoms with van der Waals surface area (Å²) in [6.45, 7) is 5.92. The second-order valence-electron chi connectivity index (χ2n) is 5.04. The van der Waals surface area contributed by atoms with E-state index in [0.29, 0.717) is 19.8 Å². The summed E-state index contributed by atoms with van der Waals surface area (Å²) in [6, 6.07) is 0. The third-order valence-corrected chi connectivity index (χ3v) is 3.60. The number of rotatable bonds is 6. The molecule has 1 heterocycles. The van der Waals surface area contributed by atoms with Gasteiger partial charge in [0.1, 0.15) is 0 Å². The largest absolute Gasteiger partial charge is 0.388 e. The number of aliphatic hydroxyl groups excluding tert-OH is 1. The van der Waals surface area contributed by atoms with E-state index in [2.05, 4.69) is 17.0 Å². The number of nitrogens with zero attached hydrogens (tertiary/aromatic N) is 1. The number of aromatic nitrogens is 1. The molecule has 2 rings (SSSR count). The molecule has 0 saturated heterocycles. The molecule has 0 aliphatic heterocycles. The van der Waals surface area contributed by atoms with Crippen LogP contribution in [0.2, 0.25) is 0 Å². The van der Waals surface area contributed by atoms with Crippen LogP contribution in [0, 0.1) is 0 Å². The predicted octanol–water partition coefficient (Wildman–Crippen LogP) is 2.65. The molecule has 1 aromatic heterocycles. The lowest BCUT2D eigenvalue weighted by atomic mass is 10.1. The van der Waals surface area contributed by atoms with Gasteiger partial charge in [-0.15, -0.1) is 0 Å². The van der Waals surface area contributed by atoms with Crippen molar-refractivity contribution in [3.8, 4) is 0 Å². The van der Waals surface area contributed by atoms with E-state index in [4.69, 9.17) is 9.47 Å². The van der Waals surface area contributed by atoms with Crippen LogP contribution in [0.4, 0.5) is 0 Å². The Labute approximate surface area is 115 Å². The second-order valence-corrected chi connectivity index (χ2v) is 5.04. The van der Waals surface area contributed by atoms with E-state index in [9.17, 15) is 5.11 Å². The zero-order valence-corrected chi connectivity index (χ0v) is 12.0. The van der Waals surface area contributed by atoms with Crippen molar-refractivity contribution in [1.29, 1.82) is 0 Å². The molecule has 1 atom stereocenters. The van der Waals surface area contributed by atoms with Crippen LogP contribution in [-0.2, 0) is 22.4 Å². The zero-order valence-electron chi connectivity index (χ0n) is 12.0. The zero-order chi connectivity index (χ0) is 13.7. The van der Waals surface area contributed by atoms with Gasteiger partial charge in [-0.25, -0.2) is 0 Å². The Kier molecular flexibility index (Phi) is 5.43. The number of aliphatic hydroxyl groups is 1. The molecule has 1 unspecified atom stereocenters. The molecule has 0 bridgehead atoms. The Morgan fingerprint density at radius 1 is 1.26 bits per heavy atom. The van der Waals surface area contributed by atoms with Gasteiger partial charge in [0.15, 0.2) is 6.29 Å². The van der Waals surface area contributed by atoms with Crippen LogP contribution in [0.3, 0.4) is 0 Å². The molecule has 19 heavy (non-hydrogen) atoms. The van der Waals surface area contributed by atoms with Gasteiger partial charge in [-0.05, 0) is 38.7 Å². The highest BCUT2D eigenvalue weighted by Crippen LogP contribution is 2.29. The molecule has 0 radical (unpaired) electrons. The van der Waals surface area contributed by atoms with Crippen molar-refractivity contribution in [2.75, 3.05) is 13.2 Å². The van der Waals surface area contributed by atoms with Gasteiger partial charge in [-0.1, -0.05) is 6.42 Å². The molecule has 0 saturated carbocycles. The number of fused-ring (bicyclic) bond motifs is 1. The number of aryl methyl sites for hydroxylation is 1. The van der Waals surface area contributed by atoms with E-state index >= 15 is 0 Å². The van der Waals surface area contributed by atoms with Crippen molar-refractivity contribution >= 4 is 0 Å². The van der Waals surface area contributed by atoms with Crippen molar-refractivity contribution in [2.24, 2.45) is 0 Å². The fraction of sp³-hybridized carbons (Fsp3) is 0.733. The SMILES string of the molecule is CCOC(Cn1cc2c(c1)C(O)CCCC2)OCC. The third kappa shape index (κ3) is 3.81. The molecule has 0 spiro atoms. The minimum absolute atomic E-state index is 0.205. The summed E-state index contributed by atoms with van der Waals surface area (Å²) in [5.74, 6) is 0. The van der Waals surface area contributed by atoms with E-state index in [1.165, 1.54) is 5.56 Å². The smallest absolute Gasteiger partial charge is 0.175 e. The first-order valence-corrected chi connectivity index (χ1v) is 7.34. The second kappa shape index (κ2) is 7.08. The van der Waals surface area contributed by atoms with Gasteiger partial charge >= 0.3 is 0 Å². The van der Waals surface area contributed by atoms with Crippen LogP contribution in [0.1, 0.15) is 50.3 Å². The Bertz CT molecular complexity index is 383. The van der Waals surface area contributed by atoms with Gasteiger partial charge in [0, 0.05) is 31.2 Å². The standard InChI is InChI=1S/C15H25NO3/c1-3-18-15(19-4-2)11-16-9-12-7-5-6-8-14(17)13(12)10-16/h9-10,14-15,17H,3-8,11H2,1-2H3. The molecule has 1 aromatic rings. The quantitative estimate of drug-likeness (QED) is 0.636. The van der Waals surface area contributed by atoms with Gasteiger partial charge in [0.2, 0.25) is 0 Å². The minimum Gasteiger partial charge on any atom is -0.388 e. The fourth-order valence-corrected chi connectivity index (χ4v) is 2.69. The predicted molar refractivity (Wildman–Crippen MR) is 74.0 cm³/mol. The van der Waals surface area contributed by atoms with E-state index in [-0.39, 0.29) is 12.4 Å². The Hall–Kier alpha value is -0.840. The molecule has 0 amide bonds. The molecule has 0 aromatic carbocycles. The average molecular weight is 267 g/mol. The number of ether oxygens (including phenoxy) is 2. The molecular formula is C15H25NO3. The Balaban J connectivity index is 2.06. The fourth-order valence-electron chi connectivity index (χ4n) is 2.69. The number of hydrogen-bond acceptors (Lipinski definition) is 3. The molecule has 4 nitrogen and oxygen atoms in total. The van der Waals surface area contributed by atoms with Crippen molar-refractivity contribution in [1.82, 2.24) is 4.57 Å². The van der Waals surface area contributed by atoms with Gasteiger partial charge < -0.3 is 19.1 Å². The van der Waals surface area contributed by atoms with E-state index in [0.717, 1.165) is 31.2 Å². The highest BCUT2D eigenvalue weighted by atomic mass is 16.7. The first-order chi connectivity index (χ1) is 9.24. The van der Waals surface area contributed by atoms with Crippen LogP contribution in [0.25, 0.3) is 0 Å². The summed E-state index contributed by atoms with van der Waals surface area (Å²) in [7, 11) is 0. The third-order valence-electron chi connectivity index (χ3n) is 3.60. The number of hydrogen-bond donors (Lipinski definition) is 1. The van der Waals surface area contributed by atoms with Crippen molar-refractivity contribution in [2.45, 2.75) is 58.5 Å². The monoisotopic (exact) mass is 267 g/mol. The lowest BCUT2D eigenvalue weighted by Gasteiger charge is -2.17. The molecule has 1 aliphatic carbocycles. The lowest BCUT2D eigenvalue weighted by molar-refractivity contribution is -0.143. The average Bonchev–Trinajstić information content (AvgIpc) is 2.70. The van der Waals surface area contributed by atoms with Crippen LogP contribution in [0.5, 0.6) is 0 Å². The maximum atomic E-state index is 10.1. The van der Waals surface area contributed by atoms with Crippen LogP contribution in [0.15, 0.2) is 12.4 Å². The summed E-state index contributed by atoms with van der Waals surface area (Å²) in [5, 5.41) is 10.1. The summed E-state index contributed by atoms with van der Waals surface area (Å²) < 4.78 is 13.2. The maximum Gasteiger partial charge on any atom is 0.175 e. The molecule has 1 N–H and O–H groups in total. The Morgan fingerprint density at radius 3 is 2.68 bits per heavy atom. The summed E-state index contributed by atoms with van der Waals surface area (Å²) in [6.07, 6.45) is 7.88. The van der Waals surface area contributed by atoms with E-state index in [1.807, 2.05) is 13.8 Å². The summed E-state index contributed by atoms with van der Waals surface area (Å²) in [4.78, 5) is 0. The summed E-state index contributed by atoms with van der Waals surface area (Å²) >= 11 is 0. The van der Waals surface area contributed by atoms with Crippen LogP contribution < -0.4 is 0 Å². The maximum absolute atomic E-state index is 10.1. The van der Waals surface area contributed by atoms with Gasteiger partial charge in [-0.3, -0.25) is 0 Å². The molecular weight excluding hydrogens is 242 g/mol. The molecule has 0 fully saturated rings. The highest BCUT2D eigenvalue weighted by Gasteiger charge is 2.19. The highest BCUT2D eigenvalue weighted by molar-refractivity contribution is 5.28. The van der Waals surface area contributed by atoms with Gasteiger partial charge in [0.05, 0.1) is 12.6 Å². The topological polar surface area (TPSA) is 43.6 Å². The van der Waals surface area contributed by atoms with E-state index < -0.39 is 0 Å². The van der Waals surface area contributed by atoms with Crippen molar-refractivity contribution in [3.05, 3.63) is 23.5 Å². The van der Waals surface area contributed by atoms with Gasteiger partial charge in [-0.2, -0.15) is 0 Å². The van der Waals surface area contributed by atoms with Crippen LogP contribution in [-0.4, -0.2) is 29.2 Å². The van der Waals surface area contributed by atoms with Crippen LogP contribution >= 0.6 is 0 Å². The molecule has 4 heteroatoms. The molecule has 1 aliphatic rings. The van der Waals surface area contributed by atoms with E-state index in [1.54, 1.807) is 0 Å². The van der Waals surface area contributed by atoms with Crippen molar-refractivity contribution in [3.63, 3.8) is 0 Å². The lowest BCUT2D eigenvalue weighted by Crippen LogP contribution is -2.23. The Morgan fingerprint density at radius 2 is 2.00 bits per heavy atom. The minimum atomic E-state index is -0.309. The first-order valence-electron chi connectivity index (χ1n) is 7.34. The van der Waals surface area contributed by atoms with Crippen molar-refractivity contribution < 1.29 is 14.6 Å². The first kappa shape index (κ1) is 14.6. The summed E-state index contributed by atoms with van der Waals surface area (Å²) in [5.41, 5.74) is 2.36. The van der Waals surface area contributed by atoms with Gasteiger partial charge in [0.25, 0.3) is 0 Å². The normalized spacial score (nSPS) is 19.5. The molecule has 108 valence electrons.